The van der Waals surface area contributed by atoms with Crippen LogP contribution in [-0.2, 0) is 18.6 Å². The highest BCUT2D eigenvalue weighted by Crippen LogP contribution is 2.51. The van der Waals surface area contributed by atoms with Crippen LogP contribution in [0.2, 0.25) is 5.82 Å². The lowest BCUT2D eigenvalue weighted by Gasteiger charge is -2.32. The molecule has 0 amide bonds. The third kappa shape index (κ3) is 3.13. The second-order valence-electron chi connectivity index (χ2n) is 11.1. The minimum absolute atomic E-state index is 0.0915. The van der Waals surface area contributed by atoms with Crippen LogP contribution in [0.3, 0.4) is 0 Å². The summed E-state index contributed by atoms with van der Waals surface area (Å²) in [4.78, 5) is 0. The van der Waals surface area contributed by atoms with Gasteiger partial charge in [0.25, 0.3) is 0 Å². The summed E-state index contributed by atoms with van der Waals surface area (Å²) in [5.74, 6) is 0.886. The molecule has 0 aromatic heterocycles. The molecule has 0 radical (unpaired) electrons. The monoisotopic (exact) mass is 377 g/mol. The van der Waals surface area contributed by atoms with Gasteiger partial charge >= 0.3 is 14.2 Å². The van der Waals surface area contributed by atoms with E-state index in [1.165, 1.54) is 25.7 Å². The Bertz CT molecular complexity index is 563. The number of nitrogens with one attached hydrogen (secondary N) is 1. The van der Waals surface area contributed by atoms with E-state index in [-0.39, 0.29) is 48.4 Å². The van der Waals surface area contributed by atoms with Crippen LogP contribution in [0.25, 0.3) is 0 Å². The van der Waals surface area contributed by atoms with Crippen molar-refractivity contribution in [3.05, 3.63) is 0 Å². The minimum atomic E-state index is -0.326. The fraction of sp³-hybridized carbons (Fsp3) is 1.00. The molecule has 4 unspecified atom stereocenters. The normalized spacial score (nSPS) is 41.8. The highest BCUT2D eigenvalue weighted by atomic mass is 16.7. The Kier molecular flexibility index (Phi) is 4.65. The van der Waals surface area contributed by atoms with E-state index in [4.69, 9.17) is 18.6 Å². The molecule has 5 nitrogen and oxygen atoms in total. The van der Waals surface area contributed by atoms with Gasteiger partial charge in [-0.3, -0.25) is 0 Å². The number of fused-ring (bicyclic) bond motifs is 1. The molecule has 3 heterocycles. The standard InChI is InChI=1S/C20H37B2NO4/c1-17(2)18(3,4)25-21(24-17)15-13-11-9-10-12-14(13)23-16(15)22-26-19(5,6)20(7,8)27-22/h13-16,23H,9-12H2,1-8H3. The summed E-state index contributed by atoms with van der Waals surface area (Å²) in [5, 5.41) is 3.88. The first-order valence-corrected chi connectivity index (χ1v) is 10.8. The van der Waals surface area contributed by atoms with Crippen LogP contribution in [0.1, 0.15) is 81.1 Å². The topological polar surface area (TPSA) is 49.0 Å². The van der Waals surface area contributed by atoms with Crippen molar-refractivity contribution in [3.8, 4) is 0 Å². The molecule has 27 heavy (non-hydrogen) atoms. The summed E-state index contributed by atoms with van der Waals surface area (Å²) in [6.07, 6.45) is 5.02. The molecule has 0 bridgehead atoms. The molecule has 4 aliphatic rings. The molecule has 0 aromatic rings. The second kappa shape index (κ2) is 6.21. The van der Waals surface area contributed by atoms with Crippen LogP contribution in [0.5, 0.6) is 0 Å². The highest BCUT2D eigenvalue weighted by molar-refractivity contribution is 6.55. The summed E-state index contributed by atoms with van der Waals surface area (Å²) >= 11 is 0. The largest absolute Gasteiger partial charge is 0.475 e. The Hall–Kier alpha value is -0.0701. The van der Waals surface area contributed by atoms with E-state index >= 15 is 0 Å². The van der Waals surface area contributed by atoms with Crippen molar-refractivity contribution < 1.29 is 18.6 Å². The third-order valence-corrected chi connectivity index (χ3v) is 8.29. The predicted molar refractivity (Wildman–Crippen MR) is 109 cm³/mol. The molecule has 1 N–H and O–H groups in total. The predicted octanol–water partition coefficient (Wildman–Crippen LogP) is 3.61. The van der Waals surface area contributed by atoms with Crippen LogP contribution in [0.15, 0.2) is 0 Å². The molecule has 4 atom stereocenters. The van der Waals surface area contributed by atoms with Crippen molar-refractivity contribution in [1.29, 1.82) is 0 Å². The molecule has 1 aliphatic carbocycles. The third-order valence-electron chi connectivity index (χ3n) is 8.29. The molecule has 4 rings (SSSR count). The van der Waals surface area contributed by atoms with Crippen molar-refractivity contribution in [1.82, 2.24) is 5.32 Å². The lowest BCUT2D eigenvalue weighted by molar-refractivity contribution is 0.00578. The first-order chi connectivity index (χ1) is 12.3. The zero-order valence-corrected chi connectivity index (χ0v) is 18.4. The number of hydrogen-bond acceptors (Lipinski definition) is 5. The van der Waals surface area contributed by atoms with Crippen molar-refractivity contribution in [2.45, 2.75) is 121 Å². The number of rotatable bonds is 2. The molecular weight excluding hydrogens is 340 g/mol. The van der Waals surface area contributed by atoms with Gasteiger partial charge in [-0.25, -0.2) is 0 Å². The van der Waals surface area contributed by atoms with E-state index in [0.29, 0.717) is 12.0 Å². The van der Waals surface area contributed by atoms with E-state index < -0.39 is 0 Å². The summed E-state index contributed by atoms with van der Waals surface area (Å²) in [6, 6.07) is 0.506. The van der Waals surface area contributed by atoms with Gasteiger partial charge in [-0.15, -0.1) is 0 Å². The Labute approximate surface area is 165 Å². The van der Waals surface area contributed by atoms with Gasteiger partial charge in [0, 0.05) is 17.8 Å². The molecule has 7 heteroatoms. The number of hydrogen-bond donors (Lipinski definition) is 1. The molecular formula is C20H37B2NO4. The zero-order valence-electron chi connectivity index (χ0n) is 18.4. The Morgan fingerprint density at radius 1 is 0.667 bits per heavy atom. The van der Waals surface area contributed by atoms with Crippen LogP contribution >= 0.6 is 0 Å². The fourth-order valence-electron chi connectivity index (χ4n) is 5.16. The van der Waals surface area contributed by atoms with Gasteiger partial charge in [0.1, 0.15) is 0 Å². The average Bonchev–Trinajstić information content (AvgIpc) is 3.07. The van der Waals surface area contributed by atoms with Gasteiger partial charge < -0.3 is 23.9 Å². The smallest absolute Gasteiger partial charge is 0.403 e. The van der Waals surface area contributed by atoms with E-state index in [1.807, 2.05) is 0 Å². The molecule has 4 fully saturated rings. The maximum absolute atomic E-state index is 6.52. The maximum atomic E-state index is 6.52. The zero-order chi connectivity index (χ0) is 19.8. The van der Waals surface area contributed by atoms with Crippen LogP contribution < -0.4 is 5.32 Å². The van der Waals surface area contributed by atoms with Gasteiger partial charge in [-0.1, -0.05) is 12.8 Å². The summed E-state index contributed by atoms with van der Waals surface area (Å²) < 4.78 is 25.9. The van der Waals surface area contributed by atoms with Gasteiger partial charge in [0.2, 0.25) is 0 Å². The first-order valence-electron chi connectivity index (χ1n) is 10.8. The molecule has 3 saturated heterocycles. The lowest BCUT2D eigenvalue weighted by atomic mass is 9.53. The first kappa shape index (κ1) is 20.2. The molecule has 3 aliphatic heterocycles. The Morgan fingerprint density at radius 2 is 1.11 bits per heavy atom. The van der Waals surface area contributed by atoms with Crippen LogP contribution in [0, 0.1) is 5.92 Å². The lowest BCUT2D eigenvalue weighted by Crippen LogP contribution is -2.48. The SMILES string of the molecule is CC1(C)OB(C2NC3CCCCC3C2B2OC(C)(C)C(C)(C)O2)OC1(C)C. The quantitative estimate of drug-likeness (QED) is 0.746. The second-order valence-corrected chi connectivity index (χ2v) is 11.1. The molecule has 1 saturated carbocycles. The van der Waals surface area contributed by atoms with E-state index in [9.17, 15) is 0 Å². The summed E-state index contributed by atoms with van der Waals surface area (Å²) in [6.45, 7) is 17.0. The Morgan fingerprint density at radius 3 is 1.63 bits per heavy atom. The fourth-order valence-corrected chi connectivity index (χ4v) is 5.16. The molecule has 0 spiro atoms. The average molecular weight is 377 g/mol. The summed E-state index contributed by atoms with van der Waals surface area (Å²) in [7, 11) is -0.496. The van der Waals surface area contributed by atoms with Crippen molar-refractivity contribution in [2.24, 2.45) is 5.92 Å². The van der Waals surface area contributed by atoms with Crippen molar-refractivity contribution >= 4 is 14.2 Å². The van der Waals surface area contributed by atoms with Crippen molar-refractivity contribution in [2.75, 3.05) is 0 Å². The van der Waals surface area contributed by atoms with Crippen LogP contribution in [0.4, 0.5) is 0 Å². The summed E-state index contributed by atoms with van der Waals surface area (Å²) in [5.41, 5.74) is -1.28. The van der Waals surface area contributed by atoms with Gasteiger partial charge in [-0.05, 0) is 74.1 Å². The van der Waals surface area contributed by atoms with Gasteiger partial charge in [0.15, 0.2) is 0 Å². The van der Waals surface area contributed by atoms with Crippen LogP contribution in [-0.4, -0.2) is 48.6 Å². The highest BCUT2D eigenvalue weighted by Gasteiger charge is 2.65. The Balaban J connectivity index is 1.62. The molecule has 0 aromatic carbocycles. The maximum Gasteiger partial charge on any atom is 0.475 e. The van der Waals surface area contributed by atoms with Gasteiger partial charge in [-0.2, -0.15) is 0 Å². The molecule has 152 valence electrons. The minimum Gasteiger partial charge on any atom is -0.403 e. The van der Waals surface area contributed by atoms with Gasteiger partial charge in [0.05, 0.1) is 22.4 Å². The van der Waals surface area contributed by atoms with E-state index in [0.717, 1.165) is 0 Å². The van der Waals surface area contributed by atoms with E-state index in [2.05, 4.69) is 60.7 Å². The van der Waals surface area contributed by atoms with Crippen molar-refractivity contribution in [3.63, 3.8) is 0 Å². The van der Waals surface area contributed by atoms with E-state index in [1.54, 1.807) is 0 Å².